The van der Waals surface area contributed by atoms with Crippen LogP contribution < -0.4 is 16.2 Å². The molecule has 7 nitrogen and oxygen atoms in total. The summed E-state index contributed by atoms with van der Waals surface area (Å²) in [7, 11) is 0. The molecule has 25 heavy (non-hydrogen) atoms. The number of amides is 3. The Labute approximate surface area is 143 Å². The van der Waals surface area contributed by atoms with Gasteiger partial charge in [0.1, 0.15) is 5.82 Å². The zero-order valence-electron chi connectivity index (χ0n) is 13.3. The second kappa shape index (κ2) is 8.44. The van der Waals surface area contributed by atoms with Crippen LogP contribution in [0, 0.1) is 5.82 Å². The van der Waals surface area contributed by atoms with Crippen LogP contribution in [0.5, 0.6) is 0 Å². The lowest BCUT2D eigenvalue weighted by Gasteiger charge is -2.09. The van der Waals surface area contributed by atoms with Crippen LogP contribution in [-0.4, -0.2) is 24.5 Å². The van der Waals surface area contributed by atoms with Crippen LogP contribution in [0.15, 0.2) is 48.5 Å². The molecule has 130 valence electrons. The van der Waals surface area contributed by atoms with Gasteiger partial charge in [-0.2, -0.15) is 0 Å². The summed E-state index contributed by atoms with van der Waals surface area (Å²) < 4.78 is 18.2. The Kier molecular flexibility index (Phi) is 6.05. The maximum Gasteiger partial charge on any atom is 0.411 e. The van der Waals surface area contributed by atoms with E-state index in [2.05, 4.69) is 16.2 Å². The summed E-state index contributed by atoms with van der Waals surface area (Å²) in [5.74, 6) is -2.11. The van der Waals surface area contributed by atoms with Gasteiger partial charge in [0.05, 0.1) is 12.2 Å². The van der Waals surface area contributed by atoms with Crippen molar-refractivity contribution in [2.45, 2.75) is 6.92 Å². The Morgan fingerprint density at radius 1 is 1.00 bits per heavy atom. The van der Waals surface area contributed by atoms with Gasteiger partial charge in [-0.15, -0.1) is 0 Å². The van der Waals surface area contributed by atoms with E-state index in [9.17, 15) is 18.8 Å². The molecule has 0 saturated carbocycles. The van der Waals surface area contributed by atoms with E-state index in [0.717, 1.165) is 6.07 Å². The van der Waals surface area contributed by atoms with Crippen molar-refractivity contribution in [2.24, 2.45) is 0 Å². The third kappa shape index (κ3) is 5.03. The summed E-state index contributed by atoms with van der Waals surface area (Å²) in [5.41, 5.74) is 4.65. The number of benzene rings is 2. The monoisotopic (exact) mass is 345 g/mol. The summed E-state index contributed by atoms with van der Waals surface area (Å²) in [6, 6.07) is 11.4. The standard InChI is InChI=1S/C17H16FN3O4/c1-2-25-17(24)19-12-7-5-6-11(10-12)15(22)20-21-16(23)13-8-3-4-9-14(13)18/h3-10H,2H2,1H3,(H,19,24)(H,20,22)(H,21,23). The lowest BCUT2D eigenvalue weighted by molar-refractivity contribution is 0.0844. The summed E-state index contributed by atoms with van der Waals surface area (Å²) in [6.45, 7) is 1.88. The van der Waals surface area contributed by atoms with Crippen molar-refractivity contribution in [3.8, 4) is 0 Å². The van der Waals surface area contributed by atoms with Gasteiger partial charge < -0.3 is 4.74 Å². The molecule has 3 amide bonds. The van der Waals surface area contributed by atoms with E-state index < -0.39 is 23.7 Å². The number of halogens is 1. The van der Waals surface area contributed by atoms with Crippen molar-refractivity contribution >= 4 is 23.6 Å². The Morgan fingerprint density at radius 3 is 2.44 bits per heavy atom. The Morgan fingerprint density at radius 2 is 1.72 bits per heavy atom. The van der Waals surface area contributed by atoms with Gasteiger partial charge in [-0.3, -0.25) is 25.8 Å². The van der Waals surface area contributed by atoms with E-state index in [1.165, 1.54) is 30.3 Å². The van der Waals surface area contributed by atoms with Gasteiger partial charge in [-0.25, -0.2) is 9.18 Å². The lowest BCUT2D eigenvalue weighted by atomic mass is 10.2. The molecule has 0 aliphatic rings. The zero-order valence-corrected chi connectivity index (χ0v) is 13.3. The topological polar surface area (TPSA) is 96.5 Å². The van der Waals surface area contributed by atoms with E-state index >= 15 is 0 Å². The first-order valence-corrected chi connectivity index (χ1v) is 7.40. The minimum Gasteiger partial charge on any atom is -0.450 e. The molecule has 3 N–H and O–H groups in total. The number of carbonyl (C=O) groups excluding carboxylic acids is 3. The molecule has 0 aliphatic heterocycles. The fraction of sp³-hybridized carbons (Fsp3) is 0.118. The van der Waals surface area contributed by atoms with Crippen LogP contribution in [0.25, 0.3) is 0 Å². The number of hydrazine groups is 1. The molecule has 2 aromatic carbocycles. The Bertz CT molecular complexity index is 795. The second-order valence-corrected chi connectivity index (χ2v) is 4.81. The highest BCUT2D eigenvalue weighted by molar-refractivity contribution is 6.00. The predicted molar refractivity (Wildman–Crippen MR) is 88.4 cm³/mol. The molecule has 0 saturated heterocycles. The van der Waals surface area contributed by atoms with E-state index in [1.807, 2.05) is 0 Å². The molecule has 0 radical (unpaired) electrons. The minimum absolute atomic E-state index is 0.183. The zero-order chi connectivity index (χ0) is 18.2. The normalized spacial score (nSPS) is 9.84. The van der Waals surface area contributed by atoms with Gasteiger partial charge in [0.15, 0.2) is 0 Å². The Hall–Kier alpha value is -3.42. The molecule has 0 spiro atoms. The summed E-state index contributed by atoms with van der Waals surface area (Å²) in [6.07, 6.45) is -0.645. The van der Waals surface area contributed by atoms with Crippen LogP contribution in [0.3, 0.4) is 0 Å². The van der Waals surface area contributed by atoms with Crippen molar-refractivity contribution in [3.63, 3.8) is 0 Å². The first-order valence-electron chi connectivity index (χ1n) is 7.40. The SMILES string of the molecule is CCOC(=O)Nc1cccc(C(=O)NNC(=O)c2ccccc2F)c1. The van der Waals surface area contributed by atoms with Gasteiger partial charge in [0.2, 0.25) is 0 Å². The van der Waals surface area contributed by atoms with Crippen LogP contribution in [-0.2, 0) is 4.74 Å². The van der Waals surface area contributed by atoms with Gasteiger partial charge in [-0.05, 0) is 37.3 Å². The van der Waals surface area contributed by atoms with Crippen molar-refractivity contribution in [2.75, 3.05) is 11.9 Å². The highest BCUT2D eigenvalue weighted by Crippen LogP contribution is 2.11. The van der Waals surface area contributed by atoms with E-state index in [1.54, 1.807) is 19.1 Å². The maximum absolute atomic E-state index is 13.5. The molecule has 0 bridgehead atoms. The summed E-state index contributed by atoms with van der Waals surface area (Å²) >= 11 is 0. The lowest BCUT2D eigenvalue weighted by Crippen LogP contribution is -2.41. The van der Waals surface area contributed by atoms with Gasteiger partial charge in [0, 0.05) is 11.3 Å². The first kappa shape index (κ1) is 17.9. The number of anilines is 1. The smallest absolute Gasteiger partial charge is 0.411 e. The number of carbonyl (C=O) groups is 3. The van der Waals surface area contributed by atoms with Gasteiger partial charge in [0.25, 0.3) is 11.8 Å². The molecule has 0 unspecified atom stereocenters. The average Bonchev–Trinajstić information content (AvgIpc) is 2.60. The number of hydrogen-bond acceptors (Lipinski definition) is 4. The largest absolute Gasteiger partial charge is 0.450 e. The number of rotatable bonds is 4. The third-order valence-corrected chi connectivity index (χ3v) is 3.05. The molecule has 2 rings (SSSR count). The minimum atomic E-state index is -0.785. The molecule has 0 heterocycles. The van der Waals surface area contributed by atoms with Crippen LogP contribution in [0.4, 0.5) is 14.9 Å². The maximum atomic E-state index is 13.5. The molecular weight excluding hydrogens is 329 g/mol. The third-order valence-electron chi connectivity index (χ3n) is 3.05. The summed E-state index contributed by atoms with van der Waals surface area (Å²) in [4.78, 5) is 35.3. The van der Waals surface area contributed by atoms with Crippen molar-refractivity contribution in [1.82, 2.24) is 10.9 Å². The van der Waals surface area contributed by atoms with Crippen molar-refractivity contribution < 1.29 is 23.5 Å². The first-order chi connectivity index (χ1) is 12.0. The Balaban J connectivity index is 1.98. The van der Waals surface area contributed by atoms with Crippen molar-refractivity contribution in [1.29, 1.82) is 0 Å². The molecule has 0 fully saturated rings. The highest BCUT2D eigenvalue weighted by atomic mass is 19.1. The molecule has 0 aromatic heterocycles. The second-order valence-electron chi connectivity index (χ2n) is 4.81. The van der Waals surface area contributed by atoms with Crippen LogP contribution >= 0.6 is 0 Å². The predicted octanol–water partition coefficient (Wildman–Crippen LogP) is 2.47. The van der Waals surface area contributed by atoms with Gasteiger partial charge >= 0.3 is 6.09 Å². The highest BCUT2D eigenvalue weighted by Gasteiger charge is 2.13. The van der Waals surface area contributed by atoms with Crippen LogP contribution in [0.1, 0.15) is 27.6 Å². The fourth-order valence-electron chi connectivity index (χ4n) is 1.92. The van der Waals surface area contributed by atoms with Crippen LogP contribution in [0.2, 0.25) is 0 Å². The van der Waals surface area contributed by atoms with Gasteiger partial charge in [-0.1, -0.05) is 18.2 Å². The fourth-order valence-corrected chi connectivity index (χ4v) is 1.92. The number of nitrogens with one attached hydrogen (secondary N) is 3. The molecule has 0 aliphatic carbocycles. The quantitative estimate of drug-likeness (QED) is 0.742. The van der Waals surface area contributed by atoms with E-state index in [-0.39, 0.29) is 17.7 Å². The molecular formula is C17H16FN3O4. The average molecular weight is 345 g/mol. The van der Waals surface area contributed by atoms with E-state index in [4.69, 9.17) is 4.74 Å². The number of hydrogen-bond donors (Lipinski definition) is 3. The molecule has 0 atom stereocenters. The van der Waals surface area contributed by atoms with E-state index in [0.29, 0.717) is 5.69 Å². The molecule has 8 heteroatoms. The van der Waals surface area contributed by atoms with Crippen molar-refractivity contribution in [3.05, 3.63) is 65.5 Å². The molecule has 2 aromatic rings. The number of ether oxygens (including phenoxy) is 1. The summed E-state index contributed by atoms with van der Waals surface area (Å²) in [5, 5.41) is 2.46.